The van der Waals surface area contributed by atoms with Crippen LogP contribution in [0.1, 0.15) is 11.6 Å². The zero-order valence-electron chi connectivity index (χ0n) is 17.8. The molecule has 2 atom stereocenters. The normalized spacial score (nSPS) is 17.2. The Balaban J connectivity index is 1.80. The third-order valence-corrected chi connectivity index (χ3v) is 5.22. The fourth-order valence-corrected chi connectivity index (χ4v) is 3.76. The van der Waals surface area contributed by atoms with E-state index in [2.05, 4.69) is 27.3 Å². The highest BCUT2D eigenvalue weighted by Gasteiger charge is 2.40. The molecule has 0 saturated heterocycles. The summed E-state index contributed by atoms with van der Waals surface area (Å²) in [5.41, 5.74) is 1.56. The number of rotatable bonds is 6. The number of methoxy groups -OCH3 is 3. The second-order valence-corrected chi connectivity index (χ2v) is 7.06. The van der Waals surface area contributed by atoms with Crippen LogP contribution in [0.3, 0.4) is 0 Å². The van der Waals surface area contributed by atoms with E-state index in [1.807, 2.05) is 0 Å². The van der Waals surface area contributed by atoms with Gasteiger partial charge >= 0.3 is 0 Å². The molecular weight excluding hydrogens is 417 g/mol. The van der Waals surface area contributed by atoms with Gasteiger partial charge in [-0.3, -0.25) is 4.79 Å². The summed E-state index contributed by atoms with van der Waals surface area (Å²) >= 11 is 0. The first-order valence-corrected chi connectivity index (χ1v) is 9.68. The van der Waals surface area contributed by atoms with Crippen molar-refractivity contribution < 1.29 is 23.4 Å². The fourth-order valence-electron chi connectivity index (χ4n) is 3.76. The van der Waals surface area contributed by atoms with E-state index in [9.17, 15) is 9.18 Å². The Hall–Kier alpha value is -4.08. The zero-order valence-corrected chi connectivity index (χ0v) is 17.8. The van der Waals surface area contributed by atoms with Gasteiger partial charge in [-0.1, -0.05) is 6.58 Å². The molecule has 0 saturated carbocycles. The van der Waals surface area contributed by atoms with E-state index in [4.69, 9.17) is 14.2 Å². The summed E-state index contributed by atoms with van der Waals surface area (Å²) < 4.78 is 31.3. The van der Waals surface area contributed by atoms with Crippen LogP contribution in [0.2, 0.25) is 0 Å². The molecule has 0 radical (unpaired) electrons. The number of aromatic nitrogens is 3. The number of fused-ring (bicyclic) bond motifs is 1. The number of hydrogen-bond acceptors (Lipinski definition) is 7. The predicted octanol–water partition coefficient (Wildman–Crippen LogP) is 3.23. The Bertz CT molecular complexity index is 1140. The van der Waals surface area contributed by atoms with Gasteiger partial charge in [0.05, 0.1) is 27.4 Å². The number of carbonyl (C=O) groups excluding carboxylic acids is 1. The van der Waals surface area contributed by atoms with Gasteiger partial charge in [-0.05, 0) is 42.0 Å². The van der Waals surface area contributed by atoms with Crippen molar-refractivity contribution in [1.29, 1.82) is 0 Å². The molecule has 32 heavy (non-hydrogen) atoms. The summed E-state index contributed by atoms with van der Waals surface area (Å²) in [5, 5.41) is 10.2. The lowest BCUT2D eigenvalue weighted by molar-refractivity contribution is -0.119. The summed E-state index contributed by atoms with van der Waals surface area (Å²) in [6.07, 6.45) is 1.39. The third-order valence-electron chi connectivity index (χ3n) is 5.22. The van der Waals surface area contributed by atoms with Crippen LogP contribution in [-0.2, 0) is 4.79 Å². The Morgan fingerprint density at radius 3 is 2.38 bits per heavy atom. The van der Waals surface area contributed by atoms with Crippen LogP contribution in [0, 0.1) is 11.7 Å². The molecule has 166 valence electrons. The molecule has 0 fully saturated rings. The molecule has 0 aliphatic carbocycles. The van der Waals surface area contributed by atoms with Gasteiger partial charge in [-0.25, -0.2) is 9.07 Å². The van der Waals surface area contributed by atoms with Crippen molar-refractivity contribution in [2.75, 3.05) is 32.0 Å². The predicted molar refractivity (Wildman–Crippen MR) is 116 cm³/mol. The number of ether oxygens (including phenoxy) is 3. The van der Waals surface area contributed by atoms with Gasteiger partial charge in [0.25, 0.3) is 0 Å². The highest BCUT2D eigenvalue weighted by atomic mass is 19.1. The van der Waals surface area contributed by atoms with Crippen LogP contribution in [-0.4, -0.2) is 42.0 Å². The average molecular weight is 439 g/mol. The van der Waals surface area contributed by atoms with Crippen molar-refractivity contribution in [3.63, 3.8) is 0 Å². The zero-order chi connectivity index (χ0) is 22.8. The molecule has 1 aromatic heterocycles. The van der Waals surface area contributed by atoms with Gasteiger partial charge in [0.1, 0.15) is 18.1 Å². The van der Waals surface area contributed by atoms with Crippen molar-refractivity contribution in [1.82, 2.24) is 14.8 Å². The van der Waals surface area contributed by atoms with E-state index in [1.54, 1.807) is 16.8 Å². The molecule has 0 spiro atoms. The summed E-state index contributed by atoms with van der Waals surface area (Å²) in [5.74, 6) is 0.216. The number of anilines is 2. The van der Waals surface area contributed by atoms with Crippen molar-refractivity contribution >= 4 is 17.5 Å². The summed E-state index contributed by atoms with van der Waals surface area (Å²) in [4.78, 5) is 17.6. The van der Waals surface area contributed by atoms with E-state index in [1.165, 1.54) is 51.9 Å². The first-order valence-electron chi connectivity index (χ1n) is 9.68. The van der Waals surface area contributed by atoms with Crippen LogP contribution in [0.25, 0.3) is 0 Å². The quantitative estimate of drug-likeness (QED) is 0.608. The number of benzene rings is 2. The number of amides is 1. The van der Waals surface area contributed by atoms with Crippen LogP contribution in [0.5, 0.6) is 17.2 Å². The molecule has 1 aliphatic rings. The van der Waals surface area contributed by atoms with Crippen molar-refractivity contribution in [2.45, 2.75) is 6.04 Å². The van der Waals surface area contributed by atoms with Crippen molar-refractivity contribution in [3.05, 3.63) is 66.4 Å². The van der Waals surface area contributed by atoms with Gasteiger partial charge in [-0.2, -0.15) is 10.1 Å². The van der Waals surface area contributed by atoms with Crippen LogP contribution < -0.4 is 24.8 Å². The largest absolute Gasteiger partial charge is 0.493 e. The SMILES string of the molecule is C=C1Nc2ncnn2C(c2cc(OC)c(OC)c(OC)c2)C1C(=O)Nc1ccc(F)cc1. The Morgan fingerprint density at radius 2 is 1.78 bits per heavy atom. The van der Waals surface area contributed by atoms with E-state index < -0.39 is 17.8 Å². The highest BCUT2D eigenvalue weighted by Crippen LogP contribution is 2.44. The summed E-state index contributed by atoms with van der Waals surface area (Å²) in [7, 11) is 4.55. The molecule has 2 N–H and O–H groups in total. The van der Waals surface area contributed by atoms with Gasteiger partial charge in [0.2, 0.25) is 17.6 Å². The number of halogens is 1. The fraction of sp³-hybridized carbons (Fsp3) is 0.227. The maximum absolute atomic E-state index is 13.4. The standard InChI is InChI=1S/C22H22FN5O4/c1-12-18(21(29)27-15-7-5-14(23)6-8-15)19(28-22(26-12)24-11-25-28)13-9-16(30-2)20(32-4)17(10-13)31-3/h5-11,18-19H,1H2,2-4H3,(H,27,29)(H,24,25,26). The summed E-state index contributed by atoms with van der Waals surface area (Å²) in [6.45, 7) is 4.05. The first-order chi connectivity index (χ1) is 15.5. The molecular formula is C22H22FN5O4. The molecule has 3 aromatic rings. The molecule has 9 nitrogen and oxygen atoms in total. The van der Waals surface area contributed by atoms with Crippen LogP contribution in [0.15, 0.2) is 55.0 Å². The molecule has 10 heteroatoms. The molecule has 1 aliphatic heterocycles. The molecule has 1 amide bonds. The Labute approximate surface area is 183 Å². The van der Waals surface area contributed by atoms with Crippen molar-refractivity contribution in [2.24, 2.45) is 5.92 Å². The Kier molecular flexibility index (Phi) is 5.67. The van der Waals surface area contributed by atoms with Crippen LogP contribution >= 0.6 is 0 Å². The van der Waals surface area contributed by atoms with E-state index in [-0.39, 0.29) is 5.91 Å². The minimum absolute atomic E-state index is 0.353. The number of hydrogen-bond donors (Lipinski definition) is 2. The maximum atomic E-state index is 13.4. The number of nitrogens with one attached hydrogen (secondary N) is 2. The van der Waals surface area contributed by atoms with E-state index in [0.717, 1.165) is 0 Å². The molecule has 4 rings (SSSR count). The maximum Gasteiger partial charge on any atom is 0.235 e. The minimum atomic E-state index is -0.780. The van der Waals surface area contributed by atoms with Crippen LogP contribution in [0.4, 0.5) is 16.0 Å². The second-order valence-electron chi connectivity index (χ2n) is 7.06. The highest BCUT2D eigenvalue weighted by molar-refractivity contribution is 5.95. The molecule has 2 heterocycles. The molecule has 2 aromatic carbocycles. The van der Waals surface area contributed by atoms with Gasteiger partial charge < -0.3 is 24.8 Å². The minimum Gasteiger partial charge on any atom is -0.493 e. The second kappa shape index (κ2) is 8.58. The lowest BCUT2D eigenvalue weighted by Gasteiger charge is -2.34. The Morgan fingerprint density at radius 1 is 1.12 bits per heavy atom. The van der Waals surface area contributed by atoms with E-state index in [0.29, 0.717) is 40.1 Å². The van der Waals surface area contributed by atoms with Gasteiger partial charge in [0.15, 0.2) is 11.5 Å². The van der Waals surface area contributed by atoms with E-state index >= 15 is 0 Å². The molecule has 0 bridgehead atoms. The molecule has 2 unspecified atom stereocenters. The van der Waals surface area contributed by atoms with Gasteiger partial charge in [-0.15, -0.1) is 0 Å². The lowest BCUT2D eigenvalue weighted by Crippen LogP contribution is -2.39. The lowest BCUT2D eigenvalue weighted by atomic mass is 9.88. The summed E-state index contributed by atoms with van der Waals surface area (Å²) in [6, 6.07) is 8.42. The first kappa shape index (κ1) is 21.2. The number of nitrogens with zero attached hydrogens (tertiary/aromatic N) is 3. The average Bonchev–Trinajstić information content (AvgIpc) is 3.26. The van der Waals surface area contributed by atoms with Gasteiger partial charge in [0, 0.05) is 11.4 Å². The third kappa shape index (κ3) is 3.70. The topological polar surface area (TPSA) is 99.5 Å². The number of carbonyl (C=O) groups is 1. The smallest absolute Gasteiger partial charge is 0.235 e. The van der Waals surface area contributed by atoms with Crippen molar-refractivity contribution in [3.8, 4) is 17.2 Å². The monoisotopic (exact) mass is 439 g/mol.